The van der Waals surface area contributed by atoms with Gasteiger partial charge in [-0.3, -0.25) is 14.7 Å². The van der Waals surface area contributed by atoms with Crippen molar-refractivity contribution in [2.75, 3.05) is 26.3 Å². The lowest BCUT2D eigenvalue weighted by Gasteiger charge is -2.26. The summed E-state index contributed by atoms with van der Waals surface area (Å²) in [6.07, 6.45) is -1.06. The smallest absolute Gasteiger partial charge is 0.379 e. The lowest BCUT2D eigenvalue weighted by atomic mass is 9.98. The van der Waals surface area contributed by atoms with E-state index in [4.69, 9.17) is 4.74 Å². The highest BCUT2D eigenvalue weighted by Crippen LogP contribution is 2.44. The maximum atomic E-state index is 13.9. The first-order valence-electron chi connectivity index (χ1n) is 11.8. The van der Waals surface area contributed by atoms with Gasteiger partial charge in [0.1, 0.15) is 5.69 Å². The number of morpholine rings is 1. The molecular weight excluding hydrogens is 457 g/mol. The third kappa shape index (κ3) is 5.46. The van der Waals surface area contributed by atoms with E-state index in [1.54, 1.807) is 25.3 Å². The van der Waals surface area contributed by atoms with Gasteiger partial charge >= 0.3 is 6.18 Å². The van der Waals surface area contributed by atoms with E-state index < -0.39 is 17.6 Å². The Morgan fingerprint density at radius 3 is 2.66 bits per heavy atom. The zero-order chi connectivity index (χ0) is 24.6. The van der Waals surface area contributed by atoms with Crippen molar-refractivity contribution in [1.82, 2.24) is 20.2 Å². The highest BCUT2D eigenvalue weighted by molar-refractivity contribution is 5.96. The summed E-state index contributed by atoms with van der Waals surface area (Å²) in [5.74, 6) is -0.357. The molecule has 3 aromatic rings. The number of nitrogens with one attached hydrogen (secondary N) is 1. The minimum absolute atomic E-state index is 0.0378. The van der Waals surface area contributed by atoms with Gasteiger partial charge in [0.25, 0.3) is 5.91 Å². The molecule has 1 saturated carbocycles. The minimum Gasteiger partial charge on any atom is -0.379 e. The fraction of sp³-hybridized carbons (Fsp3) is 0.423. The van der Waals surface area contributed by atoms with Crippen LogP contribution < -0.4 is 5.32 Å². The summed E-state index contributed by atoms with van der Waals surface area (Å²) in [5.41, 5.74) is 2.03. The van der Waals surface area contributed by atoms with Crippen LogP contribution in [0.5, 0.6) is 0 Å². The second-order valence-electron chi connectivity index (χ2n) is 9.29. The number of hydrogen-bond acceptors (Lipinski definition) is 5. The fourth-order valence-corrected chi connectivity index (χ4v) is 4.50. The highest BCUT2D eigenvalue weighted by Gasteiger charge is 2.36. The Labute approximate surface area is 201 Å². The maximum Gasteiger partial charge on any atom is 0.418 e. The molecule has 2 aromatic heterocycles. The fourth-order valence-electron chi connectivity index (χ4n) is 4.50. The molecule has 3 heterocycles. The third-order valence-corrected chi connectivity index (χ3v) is 6.55. The predicted octanol–water partition coefficient (Wildman–Crippen LogP) is 4.60. The van der Waals surface area contributed by atoms with E-state index in [0.717, 1.165) is 38.0 Å². The number of benzene rings is 1. The summed E-state index contributed by atoms with van der Waals surface area (Å²) >= 11 is 0. The van der Waals surface area contributed by atoms with Crippen LogP contribution in [0.3, 0.4) is 0 Å². The van der Waals surface area contributed by atoms with Crippen LogP contribution in [-0.2, 0) is 24.0 Å². The van der Waals surface area contributed by atoms with Crippen molar-refractivity contribution in [1.29, 1.82) is 0 Å². The summed E-state index contributed by atoms with van der Waals surface area (Å²) in [6.45, 7) is 5.79. The van der Waals surface area contributed by atoms with Crippen LogP contribution in [0.1, 0.15) is 57.2 Å². The third-order valence-electron chi connectivity index (χ3n) is 6.55. The molecule has 1 aromatic carbocycles. The average molecular weight is 485 g/mol. The van der Waals surface area contributed by atoms with Crippen molar-refractivity contribution in [3.63, 3.8) is 0 Å². The first-order valence-corrected chi connectivity index (χ1v) is 11.8. The Morgan fingerprint density at radius 2 is 1.94 bits per heavy atom. The number of aryl methyl sites for hydroxylation is 1. The van der Waals surface area contributed by atoms with Crippen LogP contribution in [0.25, 0.3) is 10.9 Å². The van der Waals surface area contributed by atoms with Crippen molar-refractivity contribution in [3.8, 4) is 0 Å². The molecule has 1 aliphatic carbocycles. The number of carbonyl (C=O) groups is 1. The van der Waals surface area contributed by atoms with Gasteiger partial charge in [-0.05, 0) is 72.7 Å². The Morgan fingerprint density at radius 1 is 1.17 bits per heavy atom. The lowest BCUT2D eigenvalue weighted by molar-refractivity contribution is -0.136. The lowest BCUT2D eigenvalue weighted by Crippen LogP contribution is -2.35. The molecule has 1 N–H and O–H groups in total. The number of ether oxygens (including phenoxy) is 1. The van der Waals surface area contributed by atoms with Gasteiger partial charge in [0.2, 0.25) is 0 Å². The molecule has 1 aliphatic heterocycles. The van der Waals surface area contributed by atoms with Crippen LogP contribution in [0.2, 0.25) is 0 Å². The van der Waals surface area contributed by atoms with Crippen LogP contribution in [0.15, 0.2) is 36.5 Å². The summed E-state index contributed by atoms with van der Waals surface area (Å²) < 4.78 is 47.0. The molecule has 0 unspecified atom stereocenters. The van der Waals surface area contributed by atoms with E-state index in [2.05, 4.69) is 20.2 Å². The minimum atomic E-state index is -4.55. The quantitative estimate of drug-likeness (QED) is 0.554. The zero-order valence-corrected chi connectivity index (χ0v) is 19.5. The van der Waals surface area contributed by atoms with Crippen molar-refractivity contribution in [3.05, 3.63) is 70.2 Å². The summed E-state index contributed by atoms with van der Waals surface area (Å²) in [5, 5.41) is 3.20. The molecule has 1 saturated heterocycles. The van der Waals surface area contributed by atoms with E-state index in [1.807, 2.05) is 12.1 Å². The van der Waals surface area contributed by atoms with Gasteiger partial charge in [0.05, 0.1) is 36.5 Å². The molecule has 184 valence electrons. The van der Waals surface area contributed by atoms with Gasteiger partial charge in [-0.2, -0.15) is 13.2 Å². The summed E-state index contributed by atoms with van der Waals surface area (Å²) in [4.78, 5) is 23.6. The number of halogens is 3. The highest BCUT2D eigenvalue weighted by atomic mass is 19.4. The first kappa shape index (κ1) is 23.7. The van der Waals surface area contributed by atoms with Crippen molar-refractivity contribution < 1.29 is 22.7 Å². The Kier molecular flexibility index (Phi) is 6.46. The Hall–Kier alpha value is -3.04. The Balaban J connectivity index is 1.34. The second kappa shape index (κ2) is 9.54. The van der Waals surface area contributed by atoms with Gasteiger partial charge in [0, 0.05) is 31.2 Å². The van der Waals surface area contributed by atoms with Crippen molar-refractivity contribution in [2.45, 2.75) is 44.9 Å². The monoisotopic (exact) mass is 484 g/mol. The van der Waals surface area contributed by atoms with Gasteiger partial charge in [-0.1, -0.05) is 0 Å². The molecule has 0 spiro atoms. The van der Waals surface area contributed by atoms with E-state index >= 15 is 0 Å². The summed E-state index contributed by atoms with van der Waals surface area (Å²) in [7, 11) is 0. The number of alkyl halides is 3. The molecule has 9 heteroatoms. The van der Waals surface area contributed by atoms with Gasteiger partial charge < -0.3 is 10.1 Å². The molecule has 0 atom stereocenters. The molecule has 6 nitrogen and oxygen atoms in total. The largest absolute Gasteiger partial charge is 0.418 e. The summed E-state index contributed by atoms with van der Waals surface area (Å²) in [6, 6.07) is 8.39. The number of hydrogen-bond donors (Lipinski definition) is 1. The zero-order valence-electron chi connectivity index (χ0n) is 19.5. The molecule has 0 radical (unpaired) electrons. The first-order chi connectivity index (χ1) is 16.8. The van der Waals surface area contributed by atoms with Crippen LogP contribution in [-0.4, -0.2) is 47.1 Å². The van der Waals surface area contributed by atoms with Crippen molar-refractivity contribution >= 4 is 16.8 Å². The SMILES string of the molecule is Cc1cc(C(=O)NCc2cc(CN3CCOCC3)ccn2)nc2c(C(F)(F)F)cc(C3CC3)cc12. The molecule has 35 heavy (non-hydrogen) atoms. The van der Waals surface area contributed by atoms with E-state index in [-0.39, 0.29) is 23.7 Å². The van der Waals surface area contributed by atoms with Crippen LogP contribution >= 0.6 is 0 Å². The van der Waals surface area contributed by atoms with E-state index in [1.165, 1.54) is 6.07 Å². The molecule has 2 fully saturated rings. The van der Waals surface area contributed by atoms with Crippen molar-refractivity contribution in [2.24, 2.45) is 0 Å². The van der Waals surface area contributed by atoms with Gasteiger partial charge in [-0.15, -0.1) is 0 Å². The number of pyridine rings is 2. The average Bonchev–Trinajstić information content (AvgIpc) is 3.68. The number of amides is 1. The number of aromatic nitrogens is 2. The van der Waals surface area contributed by atoms with Crippen LogP contribution in [0.4, 0.5) is 13.2 Å². The number of fused-ring (bicyclic) bond motifs is 1. The molecule has 0 bridgehead atoms. The molecular formula is C26H27F3N4O2. The number of nitrogens with zero attached hydrogens (tertiary/aromatic N) is 3. The maximum absolute atomic E-state index is 13.9. The standard InChI is InChI=1S/C26H27F3N4O2/c1-16-10-23(32-24-21(16)12-19(18-2-3-18)13-22(24)26(27,28)29)25(34)31-14-20-11-17(4-5-30-20)15-33-6-8-35-9-7-33/h4-5,10-13,18H,2-3,6-9,14-15H2,1H3,(H,31,34). The molecule has 5 rings (SSSR count). The molecule has 1 amide bonds. The van der Waals surface area contributed by atoms with E-state index in [0.29, 0.717) is 35.4 Å². The second-order valence-corrected chi connectivity index (χ2v) is 9.29. The normalized spacial score (nSPS) is 17.0. The number of rotatable bonds is 6. The van der Waals surface area contributed by atoms with Gasteiger partial charge in [-0.25, -0.2) is 4.98 Å². The molecule has 2 aliphatic rings. The van der Waals surface area contributed by atoms with Gasteiger partial charge in [0.15, 0.2) is 0 Å². The van der Waals surface area contributed by atoms with E-state index in [9.17, 15) is 18.0 Å². The Bertz CT molecular complexity index is 1250. The topological polar surface area (TPSA) is 67.4 Å². The van der Waals surface area contributed by atoms with Crippen LogP contribution in [0, 0.1) is 6.92 Å². The predicted molar refractivity (Wildman–Crippen MR) is 125 cm³/mol. The number of carbonyl (C=O) groups excluding carboxylic acids is 1.